The molecule has 0 aromatic rings. The molecule has 2 heterocycles. The molecule has 30 heavy (non-hydrogen) atoms. The molecule has 0 spiro atoms. The van der Waals surface area contributed by atoms with Gasteiger partial charge in [0.25, 0.3) is 0 Å². The number of hydrazone groups is 1. The Labute approximate surface area is 182 Å². The van der Waals surface area contributed by atoms with Crippen molar-refractivity contribution in [3.05, 3.63) is 0 Å². The summed E-state index contributed by atoms with van der Waals surface area (Å²) in [5.41, 5.74) is 0.0280. The van der Waals surface area contributed by atoms with Gasteiger partial charge in [-0.1, -0.05) is 32.6 Å². The fourth-order valence-electron chi connectivity index (χ4n) is 4.54. The molecule has 0 N–H and O–H groups in total. The van der Waals surface area contributed by atoms with Crippen molar-refractivity contribution in [2.45, 2.75) is 98.3 Å². The number of hydrogen-bond acceptors (Lipinski definition) is 6. The maximum Gasteiger partial charge on any atom is 0.432 e. The van der Waals surface area contributed by atoms with E-state index in [1.165, 1.54) is 11.4 Å². The topological polar surface area (TPSA) is 71.4 Å². The molecule has 0 saturated carbocycles. The second-order valence-electron chi connectivity index (χ2n) is 9.47. The minimum Gasteiger partial charge on any atom is -0.465 e. The van der Waals surface area contributed by atoms with Crippen LogP contribution in [0.5, 0.6) is 0 Å². The zero-order chi connectivity index (χ0) is 22.3. The first-order chi connectivity index (χ1) is 14.2. The summed E-state index contributed by atoms with van der Waals surface area (Å²) in [4.78, 5) is 28.3. The van der Waals surface area contributed by atoms with Crippen LogP contribution in [0.4, 0.5) is 4.79 Å². The third-order valence-electron chi connectivity index (χ3n) is 5.80. The standard InChI is InChI=1S/C23H41N3O4/c1-7-9-10-11-14-18-19(21(27)29-8-2)17(3)24-26(22(28)30-23(4,5)6)20(18)25-15-12-13-16-25/h18-20H,7-16H2,1-6H3. The lowest BCUT2D eigenvalue weighted by Gasteiger charge is -2.45. The number of unbranched alkanes of at least 4 members (excludes halogenated alkanes) is 3. The van der Waals surface area contributed by atoms with Crippen LogP contribution >= 0.6 is 0 Å². The van der Waals surface area contributed by atoms with E-state index in [0.717, 1.165) is 51.6 Å². The van der Waals surface area contributed by atoms with Crippen LogP contribution in [-0.2, 0) is 14.3 Å². The highest BCUT2D eigenvalue weighted by atomic mass is 16.6. The maximum atomic E-state index is 13.1. The maximum absolute atomic E-state index is 13.1. The molecular weight excluding hydrogens is 382 g/mol. The van der Waals surface area contributed by atoms with Crippen LogP contribution in [0, 0.1) is 11.8 Å². The van der Waals surface area contributed by atoms with Crippen molar-refractivity contribution in [3.8, 4) is 0 Å². The average molecular weight is 424 g/mol. The Morgan fingerprint density at radius 2 is 1.77 bits per heavy atom. The van der Waals surface area contributed by atoms with Gasteiger partial charge in [0.15, 0.2) is 0 Å². The number of likely N-dealkylation sites (tertiary alicyclic amines) is 1. The first kappa shape index (κ1) is 24.6. The van der Waals surface area contributed by atoms with Crippen LogP contribution in [-0.4, -0.2) is 59.1 Å². The molecule has 3 unspecified atom stereocenters. The monoisotopic (exact) mass is 423 g/mol. The van der Waals surface area contributed by atoms with Crippen molar-refractivity contribution in [1.82, 2.24) is 9.91 Å². The predicted octanol–water partition coefficient (Wildman–Crippen LogP) is 4.80. The Morgan fingerprint density at radius 3 is 2.33 bits per heavy atom. The van der Waals surface area contributed by atoms with Crippen LogP contribution in [0.25, 0.3) is 0 Å². The summed E-state index contributed by atoms with van der Waals surface area (Å²) < 4.78 is 11.1. The number of amides is 1. The number of esters is 1. The molecule has 0 radical (unpaired) electrons. The van der Waals surface area contributed by atoms with E-state index in [1.807, 2.05) is 34.6 Å². The molecular formula is C23H41N3O4. The second-order valence-corrected chi connectivity index (χ2v) is 9.47. The predicted molar refractivity (Wildman–Crippen MR) is 118 cm³/mol. The van der Waals surface area contributed by atoms with Crippen molar-refractivity contribution in [2.24, 2.45) is 16.9 Å². The Kier molecular flexibility index (Phi) is 9.13. The summed E-state index contributed by atoms with van der Waals surface area (Å²) in [7, 11) is 0. The zero-order valence-corrected chi connectivity index (χ0v) is 19.8. The third kappa shape index (κ3) is 6.43. The molecule has 0 aromatic heterocycles. The van der Waals surface area contributed by atoms with Crippen molar-refractivity contribution in [1.29, 1.82) is 0 Å². The molecule has 172 valence electrons. The quantitative estimate of drug-likeness (QED) is 0.414. The fourth-order valence-corrected chi connectivity index (χ4v) is 4.54. The van der Waals surface area contributed by atoms with E-state index >= 15 is 0 Å². The van der Waals surface area contributed by atoms with E-state index in [9.17, 15) is 9.59 Å². The Morgan fingerprint density at radius 1 is 1.10 bits per heavy atom. The minimum atomic E-state index is -0.606. The highest BCUT2D eigenvalue weighted by Crippen LogP contribution is 2.37. The SMILES string of the molecule is CCCCCCC1C(C(=O)OCC)C(C)=NN(C(=O)OC(C)(C)C)C1N1CCCC1. The summed E-state index contributed by atoms with van der Waals surface area (Å²) in [6, 6.07) is 0. The Hall–Kier alpha value is -1.63. The van der Waals surface area contributed by atoms with Crippen LogP contribution in [0.3, 0.4) is 0 Å². The first-order valence-corrected chi connectivity index (χ1v) is 11.7. The van der Waals surface area contributed by atoms with E-state index in [-0.39, 0.29) is 18.1 Å². The summed E-state index contributed by atoms with van der Waals surface area (Å²) in [6.45, 7) is 13.6. The molecule has 7 nitrogen and oxygen atoms in total. The molecule has 1 saturated heterocycles. The number of carbonyl (C=O) groups excluding carboxylic acids is 2. The van der Waals surface area contributed by atoms with Gasteiger partial charge in [-0.05, 0) is 53.9 Å². The number of hydrogen-bond donors (Lipinski definition) is 0. The van der Waals surface area contributed by atoms with Gasteiger partial charge < -0.3 is 9.47 Å². The summed E-state index contributed by atoms with van der Waals surface area (Å²) in [6.07, 6.45) is 6.80. The van der Waals surface area contributed by atoms with E-state index in [4.69, 9.17) is 9.47 Å². The molecule has 3 atom stereocenters. The average Bonchev–Trinajstić information content (AvgIpc) is 3.17. The summed E-state index contributed by atoms with van der Waals surface area (Å²) in [5.74, 6) is -0.702. The normalized spacial score (nSPS) is 25.2. The van der Waals surface area contributed by atoms with Crippen molar-refractivity contribution in [3.63, 3.8) is 0 Å². The number of ether oxygens (including phenoxy) is 2. The highest BCUT2D eigenvalue weighted by Gasteiger charge is 2.48. The first-order valence-electron chi connectivity index (χ1n) is 11.7. The molecule has 0 bridgehead atoms. The molecule has 0 aromatic carbocycles. The van der Waals surface area contributed by atoms with Gasteiger partial charge >= 0.3 is 12.1 Å². The summed E-state index contributed by atoms with van der Waals surface area (Å²) in [5, 5.41) is 6.11. The van der Waals surface area contributed by atoms with Gasteiger partial charge in [-0.25, -0.2) is 4.79 Å². The van der Waals surface area contributed by atoms with Crippen molar-refractivity contribution in [2.75, 3.05) is 19.7 Å². The second kappa shape index (κ2) is 11.1. The third-order valence-corrected chi connectivity index (χ3v) is 5.80. The number of rotatable bonds is 8. The Bertz CT molecular complexity index is 608. The van der Waals surface area contributed by atoms with Crippen LogP contribution in [0.1, 0.15) is 86.5 Å². The molecule has 0 aliphatic carbocycles. The van der Waals surface area contributed by atoms with Crippen LogP contribution in [0.15, 0.2) is 5.10 Å². The van der Waals surface area contributed by atoms with Gasteiger partial charge in [0.2, 0.25) is 0 Å². The largest absolute Gasteiger partial charge is 0.465 e. The zero-order valence-electron chi connectivity index (χ0n) is 19.8. The van der Waals surface area contributed by atoms with Gasteiger partial charge in [0.1, 0.15) is 17.7 Å². The lowest BCUT2D eigenvalue weighted by molar-refractivity contribution is -0.150. The lowest BCUT2D eigenvalue weighted by Crippen LogP contribution is -2.59. The molecule has 7 heteroatoms. The lowest BCUT2D eigenvalue weighted by atomic mass is 9.80. The van der Waals surface area contributed by atoms with Crippen molar-refractivity contribution < 1.29 is 19.1 Å². The number of carbonyl (C=O) groups is 2. The molecule has 1 fully saturated rings. The molecule has 1 amide bonds. The highest BCUT2D eigenvalue weighted by molar-refractivity contribution is 6.02. The van der Waals surface area contributed by atoms with E-state index in [0.29, 0.717) is 12.3 Å². The smallest absolute Gasteiger partial charge is 0.432 e. The minimum absolute atomic E-state index is 0.0518. The van der Waals surface area contributed by atoms with Gasteiger partial charge in [0.05, 0.1) is 12.3 Å². The van der Waals surface area contributed by atoms with Gasteiger partial charge in [-0.3, -0.25) is 9.69 Å². The van der Waals surface area contributed by atoms with E-state index in [2.05, 4.69) is 16.9 Å². The van der Waals surface area contributed by atoms with Gasteiger partial charge in [0, 0.05) is 19.0 Å². The molecule has 2 rings (SSSR count). The van der Waals surface area contributed by atoms with Crippen LogP contribution < -0.4 is 0 Å². The van der Waals surface area contributed by atoms with E-state index < -0.39 is 17.6 Å². The fraction of sp³-hybridized carbons (Fsp3) is 0.870. The number of nitrogens with zero attached hydrogens (tertiary/aromatic N) is 3. The molecule has 2 aliphatic rings. The van der Waals surface area contributed by atoms with E-state index in [1.54, 1.807) is 0 Å². The van der Waals surface area contributed by atoms with Gasteiger partial charge in [-0.2, -0.15) is 10.1 Å². The van der Waals surface area contributed by atoms with Gasteiger partial charge in [-0.15, -0.1) is 0 Å². The summed E-state index contributed by atoms with van der Waals surface area (Å²) >= 11 is 0. The Balaban J connectivity index is 2.40. The van der Waals surface area contributed by atoms with Crippen molar-refractivity contribution >= 4 is 17.8 Å². The van der Waals surface area contributed by atoms with Crippen LogP contribution in [0.2, 0.25) is 0 Å². The molecule has 2 aliphatic heterocycles.